The SMILES string of the molecule is O.O=C(CCc1cc(C(F)(F)F)ccc1Cl)Cc1ccc(NS(=O)c2ccccc2-c2ccccc2)cc1. The van der Waals surface area contributed by atoms with Crippen molar-refractivity contribution in [1.82, 2.24) is 0 Å². The Labute approximate surface area is 226 Å². The van der Waals surface area contributed by atoms with Crippen molar-refractivity contribution in [3.05, 3.63) is 119 Å². The quantitative estimate of drug-likeness (QED) is 0.238. The zero-order valence-corrected chi connectivity index (χ0v) is 21.7. The van der Waals surface area contributed by atoms with Crippen molar-refractivity contribution >= 4 is 34.1 Å². The van der Waals surface area contributed by atoms with Crippen LogP contribution in [-0.2, 0) is 34.8 Å². The molecule has 3 N–H and O–H groups in total. The molecule has 0 saturated heterocycles. The Morgan fingerprint density at radius 2 is 1.53 bits per heavy atom. The van der Waals surface area contributed by atoms with E-state index in [-0.39, 0.29) is 35.5 Å². The number of hydrogen-bond donors (Lipinski definition) is 1. The van der Waals surface area contributed by atoms with Gasteiger partial charge in [-0.3, -0.25) is 4.79 Å². The van der Waals surface area contributed by atoms with Crippen LogP contribution in [0.5, 0.6) is 0 Å². The average molecular weight is 560 g/mol. The highest BCUT2D eigenvalue weighted by Crippen LogP contribution is 2.32. The summed E-state index contributed by atoms with van der Waals surface area (Å²) in [6.07, 6.45) is -4.13. The van der Waals surface area contributed by atoms with Crippen LogP contribution in [0.4, 0.5) is 18.9 Å². The summed E-state index contributed by atoms with van der Waals surface area (Å²) in [4.78, 5) is 13.1. The second-order valence-electron chi connectivity index (χ2n) is 8.45. The number of Topliss-reactive ketones (excluding diaryl/α,β-unsaturated/α-hetero) is 1. The third-order valence-electron chi connectivity index (χ3n) is 5.78. The van der Waals surface area contributed by atoms with E-state index in [1.807, 2.05) is 54.6 Å². The highest BCUT2D eigenvalue weighted by Gasteiger charge is 2.30. The van der Waals surface area contributed by atoms with Crippen molar-refractivity contribution in [3.63, 3.8) is 0 Å². The molecule has 0 radical (unpaired) electrons. The molecule has 198 valence electrons. The second kappa shape index (κ2) is 12.9. The largest absolute Gasteiger partial charge is 0.416 e. The van der Waals surface area contributed by atoms with Gasteiger partial charge in [-0.2, -0.15) is 13.2 Å². The zero-order valence-electron chi connectivity index (χ0n) is 20.1. The number of aryl methyl sites for hydroxylation is 1. The molecular formula is C29H25ClF3NO3S. The fourth-order valence-electron chi connectivity index (χ4n) is 3.87. The Balaban J connectivity index is 0.00000400. The topological polar surface area (TPSA) is 77.7 Å². The maximum absolute atomic E-state index is 13.1. The fourth-order valence-corrected chi connectivity index (χ4v) is 5.13. The van der Waals surface area contributed by atoms with Gasteiger partial charge in [-0.15, -0.1) is 0 Å². The van der Waals surface area contributed by atoms with Crippen LogP contribution in [0.15, 0.2) is 102 Å². The van der Waals surface area contributed by atoms with E-state index >= 15 is 0 Å². The van der Waals surface area contributed by atoms with Crippen LogP contribution < -0.4 is 4.72 Å². The summed E-state index contributed by atoms with van der Waals surface area (Å²) in [6.45, 7) is 0. The standard InChI is InChI=1S/C29H23ClF3NO2S.H2O/c30-27-17-13-23(29(31,32)33)19-22(27)12-16-25(35)18-20-10-14-24(15-11-20)34-37(36)28-9-5-4-8-26(28)21-6-2-1-3-7-21;/h1-11,13-15,17,19,34H,12,16,18H2;1H2. The summed E-state index contributed by atoms with van der Waals surface area (Å²) in [6, 6.07) is 27.3. The Morgan fingerprint density at radius 1 is 0.868 bits per heavy atom. The van der Waals surface area contributed by atoms with Crippen LogP contribution in [0.3, 0.4) is 0 Å². The molecule has 0 fully saturated rings. The molecule has 1 atom stereocenters. The van der Waals surface area contributed by atoms with E-state index in [4.69, 9.17) is 11.6 Å². The van der Waals surface area contributed by atoms with Crippen LogP contribution in [0.25, 0.3) is 11.1 Å². The lowest BCUT2D eigenvalue weighted by Crippen LogP contribution is -2.08. The maximum atomic E-state index is 13.1. The normalized spacial score (nSPS) is 11.9. The van der Waals surface area contributed by atoms with Gasteiger partial charge in [-0.1, -0.05) is 72.3 Å². The van der Waals surface area contributed by atoms with Gasteiger partial charge in [0.2, 0.25) is 0 Å². The number of hydrogen-bond acceptors (Lipinski definition) is 2. The highest BCUT2D eigenvalue weighted by atomic mass is 35.5. The summed E-state index contributed by atoms with van der Waals surface area (Å²) in [5.41, 5.74) is 2.73. The van der Waals surface area contributed by atoms with Gasteiger partial charge in [-0.05, 0) is 65.1 Å². The van der Waals surface area contributed by atoms with Gasteiger partial charge in [0.15, 0.2) is 11.0 Å². The van der Waals surface area contributed by atoms with Crippen molar-refractivity contribution in [2.75, 3.05) is 4.72 Å². The third kappa shape index (κ3) is 7.54. The molecule has 0 aliphatic carbocycles. The molecule has 38 heavy (non-hydrogen) atoms. The molecule has 1 unspecified atom stereocenters. The molecule has 0 aromatic heterocycles. The van der Waals surface area contributed by atoms with E-state index in [9.17, 15) is 22.2 Å². The fraction of sp³-hybridized carbons (Fsp3) is 0.138. The molecule has 9 heteroatoms. The van der Waals surface area contributed by atoms with E-state index in [1.165, 1.54) is 6.07 Å². The lowest BCUT2D eigenvalue weighted by Gasteiger charge is -2.12. The summed E-state index contributed by atoms with van der Waals surface area (Å²) in [5.74, 6) is -0.116. The van der Waals surface area contributed by atoms with Crippen LogP contribution in [-0.4, -0.2) is 15.5 Å². The highest BCUT2D eigenvalue weighted by molar-refractivity contribution is 7.86. The number of carbonyl (C=O) groups excluding carboxylic acids is 1. The van der Waals surface area contributed by atoms with Crippen molar-refractivity contribution in [2.45, 2.75) is 30.3 Å². The van der Waals surface area contributed by atoms with E-state index in [0.29, 0.717) is 16.1 Å². The van der Waals surface area contributed by atoms with Gasteiger partial charge in [-0.25, -0.2) is 4.21 Å². The molecular weight excluding hydrogens is 535 g/mol. The Morgan fingerprint density at radius 3 is 2.21 bits per heavy atom. The number of anilines is 1. The van der Waals surface area contributed by atoms with E-state index in [0.717, 1.165) is 28.8 Å². The first-order chi connectivity index (χ1) is 17.7. The predicted octanol–water partition coefficient (Wildman–Crippen LogP) is 7.08. The lowest BCUT2D eigenvalue weighted by atomic mass is 10.0. The summed E-state index contributed by atoms with van der Waals surface area (Å²) < 4.78 is 54.9. The van der Waals surface area contributed by atoms with Crippen LogP contribution in [0.1, 0.15) is 23.1 Å². The van der Waals surface area contributed by atoms with Gasteiger partial charge in [0.05, 0.1) is 10.5 Å². The number of carbonyl (C=O) groups is 1. The molecule has 4 rings (SSSR count). The van der Waals surface area contributed by atoms with Crippen molar-refractivity contribution < 1.29 is 27.7 Å². The number of rotatable bonds is 9. The minimum Gasteiger partial charge on any atom is -0.412 e. The van der Waals surface area contributed by atoms with Crippen molar-refractivity contribution in [3.8, 4) is 11.1 Å². The molecule has 0 bridgehead atoms. The minimum atomic E-state index is -4.47. The molecule has 4 aromatic rings. The number of halogens is 4. The molecule has 4 nitrogen and oxygen atoms in total. The average Bonchev–Trinajstić information content (AvgIpc) is 2.89. The number of nitrogens with one attached hydrogen (secondary N) is 1. The lowest BCUT2D eigenvalue weighted by molar-refractivity contribution is -0.137. The molecule has 4 aromatic carbocycles. The molecule has 0 aliphatic rings. The number of ketones is 1. The predicted molar refractivity (Wildman–Crippen MR) is 145 cm³/mol. The minimum absolute atomic E-state index is 0. The number of benzene rings is 4. The smallest absolute Gasteiger partial charge is 0.412 e. The molecule has 0 aliphatic heterocycles. The maximum Gasteiger partial charge on any atom is 0.416 e. The molecule has 0 saturated carbocycles. The Kier molecular flexibility index (Phi) is 9.85. The van der Waals surface area contributed by atoms with Crippen molar-refractivity contribution in [2.24, 2.45) is 0 Å². The van der Waals surface area contributed by atoms with Crippen LogP contribution in [0, 0.1) is 0 Å². The van der Waals surface area contributed by atoms with Crippen molar-refractivity contribution in [1.29, 1.82) is 0 Å². The van der Waals surface area contributed by atoms with Gasteiger partial charge in [0, 0.05) is 23.6 Å². The third-order valence-corrected chi connectivity index (χ3v) is 7.33. The first-order valence-electron chi connectivity index (χ1n) is 11.5. The Bertz CT molecular complexity index is 1410. The second-order valence-corrected chi connectivity index (χ2v) is 10.0. The van der Waals surface area contributed by atoms with Gasteiger partial charge >= 0.3 is 6.18 Å². The van der Waals surface area contributed by atoms with Gasteiger partial charge in [0.25, 0.3) is 0 Å². The monoisotopic (exact) mass is 559 g/mol. The summed E-state index contributed by atoms with van der Waals surface area (Å²) >= 11 is 6.03. The molecule has 0 spiro atoms. The van der Waals surface area contributed by atoms with E-state index < -0.39 is 22.7 Å². The van der Waals surface area contributed by atoms with E-state index in [2.05, 4.69) is 4.72 Å². The van der Waals surface area contributed by atoms with Gasteiger partial charge < -0.3 is 10.2 Å². The zero-order chi connectivity index (χ0) is 26.4. The molecule has 0 heterocycles. The van der Waals surface area contributed by atoms with E-state index in [1.54, 1.807) is 24.3 Å². The molecule has 0 amide bonds. The first-order valence-corrected chi connectivity index (χ1v) is 13.0. The Hall–Kier alpha value is -3.46. The van der Waals surface area contributed by atoms with Crippen LogP contribution in [0.2, 0.25) is 5.02 Å². The van der Waals surface area contributed by atoms with Crippen LogP contribution >= 0.6 is 11.6 Å². The van der Waals surface area contributed by atoms with Gasteiger partial charge in [0.1, 0.15) is 5.78 Å². The number of alkyl halides is 3. The summed E-state index contributed by atoms with van der Waals surface area (Å²) in [7, 11) is -1.51. The summed E-state index contributed by atoms with van der Waals surface area (Å²) in [5, 5.41) is 0.207. The first kappa shape index (κ1) is 29.1.